The first-order valence-electron chi connectivity index (χ1n) is 10.8. The molecule has 0 bridgehead atoms. The lowest BCUT2D eigenvalue weighted by Gasteiger charge is -2.30. The summed E-state index contributed by atoms with van der Waals surface area (Å²) < 4.78 is 52.8. The molecule has 0 aliphatic carbocycles. The molecule has 3 aromatic rings. The van der Waals surface area contributed by atoms with E-state index in [2.05, 4.69) is 4.98 Å². The van der Waals surface area contributed by atoms with E-state index >= 15 is 0 Å². The van der Waals surface area contributed by atoms with Crippen molar-refractivity contribution < 1.29 is 27.3 Å². The first-order valence-corrected chi connectivity index (χ1v) is 12.0. The number of nitrogens with zero attached hydrogens (tertiary/aromatic N) is 3. The molecule has 6 nitrogen and oxygen atoms in total. The van der Waals surface area contributed by atoms with Crippen molar-refractivity contribution >= 4 is 40.6 Å². The first-order chi connectivity index (χ1) is 17.0. The molecule has 0 unspecified atom stereocenters. The summed E-state index contributed by atoms with van der Waals surface area (Å²) in [4.78, 5) is 29.3. The fourth-order valence-electron chi connectivity index (χ4n) is 3.93. The number of benzene rings is 2. The number of nitro benzene ring substituents is 1. The number of alkyl halides is 3. The van der Waals surface area contributed by atoms with E-state index in [-0.39, 0.29) is 22.2 Å². The molecule has 36 heavy (non-hydrogen) atoms. The highest BCUT2D eigenvalue weighted by Crippen LogP contribution is 2.36. The molecular formula is C24H18ClF4N3O3S. The number of aromatic nitrogens is 1. The minimum Gasteiger partial charge on any atom is -0.339 e. The minimum absolute atomic E-state index is 0.0427. The maximum atomic E-state index is 14.2. The van der Waals surface area contributed by atoms with Crippen molar-refractivity contribution in [3.8, 4) is 11.3 Å². The zero-order valence-corrected chi connectivity index (χ0v) is 20.0. The van der Waals surface area contributed by atoms with Gasteiger partial charge in [0.15, 0.2) is 0 Å². The summed E-state index contributed by atoms with van der Waals surface area (Å²) in [5, 5.41) is 13.8. The summed E-state index contributed by atoms with van der Waals surface area (Å²) in [5.74, 6) is -1.75. The summed E-state index contributed by atoms with van der Waals surface area (Å²) in [6, 6.07) is 7.41. The molecule has 2 aromatic carbocycles. The van der Waals surface area contributed by atoms with Gasteiger partial charge in [-0.2, -0.15) is 13.2 Å². The molecule has 2 heterocycles. The van der Waals surface area contributed by atoms with Crippen LogP contribution in [0.25, 0.3) is 17.3 Å². The van der Waals surface area contributed by atoms with Crippen LogP contribution in [0.5, 0.6) is 0 Å². The first kappa shape index (κ1) is 25.8. The quantitative estimate of drug-likeness (QED) is 0.152. The van der Waals surface area contributed by atoms with Gasteiger partial charge in [0.1, 0.15) is 10.8 Å². The van der Waals surface area contributed by atoms with Crippen molar-refractivity contribution in [2.24, 2.45) is 0 Å². The highest BCUT2D eigenvalue weighted by molar-refractivity contribution is 7.10. The summed E-state index contributed by atoms with van der Waals surface area (Å²) in [7, 11) is 0. The second-order valence-electron chi connectivity index (χ2n) is 8.13. The summed E-state index contributed by atoms with van der Waals surface area (Å²) in [5.41, 5.74) is -0.721. The fourth-order valence-corrected chi connectivity index (χ4v) is 5.12. The average molecular weight is 540 g/mol. The zero-order chi connectivity index (χ0) is 26.0. The molecular weight excluding hydrogens is 522 g/mol. The lowest BCUT2D eigenvalue weighted by atomic mass is 9.97. The zero-order valence-electron chi connectivity index (χ0n) is 18.5. The number of nitro groups is 1. The van der Waals surface area contributed by atoms with Crippen molar-refractivity contribution in [2.75, 3.05) is 13.1 Å². The van der Waals surface area contributed by atoms with Gasteiger partial charge in [0, 0.05) is 47.7 Å². The van der Waals surface area contributed by atoms with Gasteiger partial charge in [-0.15, -0.1) is 11.3 Å². The van der Waals surface area contributed by atoms with Crippen LogP contribution in [0.3, 0.4) is 0 Å². The van der Waals surface area contributed by atoms with Crippen molar-refractivity contribution in [3.63, 3.8) is 0 Å². The molecule has 0 spiro atoms. The SMILES string of the molecule is O=C(C=Cc1cccc(C(F)(F)F)c1F)N1CCC(c2nc(-c3ccc(Cl)c([N+](=O)[O-])c3)cs2)CC1. The molecule has 0 radical (unpaired) electrons. The Hall–Kier alpha value is -3.31. The molecule has 1 amide bonds. The molecule has 0 N–H and O–H groups in total. The van der Waals surface area contributed by atoms with Gasteiger partial charge >= 0.3 is 6.18 Å². The number of hydrogen-bond donors (Lipinski definition) is 0. The molecule has 12 heteroatoms. The standard InChI is InChI=1S/C24H18ClF4N3O3S/c25-18-6-4-16(12-20(18)32(34)35)19-13-36-23(30-19)15-8-10-31(11-9-15)21(33)7-5-14-2-1-3-17(22(14)26)24(27,28)29/h1-7,12-13,15H,8-11H2. The molecule has 1 saturated heterocycles. The van der Waals surface area contributed by atoms with Gasteiger partial charge in [-0.1, -0.05) is 29.8 Å². The molecule has 0 saturated carbocycles. The van der Waals surface area contributed by atoms with Crippen LogP contribution in [0.1, 0.15) is 34.9 Å². The van der Waals surface area contributed by atoms with Crippen LogP contribution in [0, 0.1) is 15.9 Å². The van der Waals surface area contributed by atoms with Crippen molar-refractivity contribution in [1.29, 1.82) is 0 Å². The third-order valence-corrected chi connectivity index (χ3v) is 7.18. The van der Waals surface area contributed by atoms with Gasteiger partial charge in [0.05, 0.1) is 21.2 Å². The highest BCUT2D eigenvalue weighted by atomic mass is 35.5. The van der Waals surface area contributed by atoms with Crippen LogP contribution in [0.15, 0.2) is 47.9 Å². The van der Waals surface area contributed by atoms with E-state index in [1.165, 1.54) is 29.5 Å². The van der Waals surface area contributed by atoms with Crippen molar-refractivity contribution in [2.45, 2.75) is 24.9 Å². The Morgan fingerprint density at radius 1 is 1.22 bits per heavy atom. The van der Waals surface area contributed by atoms with Gasteiger partial charge in [-0.05, 0) is 31.1 Å². The van der Waals surface area contributed by atoms with Crippen LogP contribution in [-0.4, -0.2) is 33.8 Å². The number of rotatable bonds is 5. The largest absolute Gasteiger partial charge is 0.419 e. The lowest BCUT2D eigenvalue weighted by Crippen LogP contribution is -2.36. The maximum absolute atomic E-state index is 14.2. The number of carbonyl (C=O) groups excluding carboxylic acids is 1. The maximum Gasteiger partial charge on any atom is 0.419 e. The molecule has 1 aromatic heterocycles. The lowest BCUT2D eigenvalue weighted by molar-refractivity contribution is -0.384. The number of halogens is 5. The van der Waals surface area contributed by atoms with Crippen molar-refractivity contribution in [1.82, 2.24) is 9.88 Å². The van der Waals surface area contributed by atoms with E-state index in [1.54, 1.807) is 11.0 Å². The monoisotopic (exact) mass is 539 g/mol. The number of likely N-dealkylation sites (tertiary alicyclic amines) is 1. The fraction of sp³-hybridized carbons (Fsp3) is 0.250. The smallest absolute Gasteiger partial charge is 0.339 e. The molecule has 1 aliphatic heterocycles. The van der Waals surface area contributed by atoms with E-state index in [0.717, 1.165) is 23.2 Å². The van der Waals surface area contributed by atoms with E-state index in [9.17, 15) is 32.5 Å². The Bertz CT molecular complexity index is 1330. The van der Waals surface area contributed by atoms with Crippen molar-refractivity contribution in [3.05, 3.63) is 84.9 Å². The van der Waals surface area contributed by atoms with E-state index in [1.807, 2.05) is 5.38 Å². The van der Waals surface area contributed by atoms with E-state index < -0.39 is 28.4 Å². The van der Waals surface area contributed by atoms with Gasteiger partial charge in [0.2, 0.25) is 5.91 Å². The Morgan fingerprint density at radius 3 is 2.61 bits per heavy atom. The van der Waals surface area contributed by atoms with Crippen LogP contribution in [0.2, 0.25) is 5.02 Å². The number of piperidine rings is 1. The molecule has 188 valence electrons. The van der Waals surface area contributed by atoms with Gasteiger partial charge < -0.3 is 4.90 Å². The minimum atomic E-state index is -4.82. The van der Waals surface area contributed by atoms with Crippen LogP contribution >= 0.6 is 22.9 Å². The second kappa shape index (κ2) is 10.4. The Morgan fingerprint density at radius 2 is 1.94 bits per heavy atom. The number of thiazole rings is 1. The third-order valence-electron chi connectivity index (χ3n) is 5.86. The van der Waals surface area contributed by atoms with E-state index in [4.69, 9.17) is 11.6 Å². The summed E-state index contributed by atoms with van der Waals surface area (Å²) >= 11 is 7.30. The predicted octanol–water partition coefficient (Wildman–Crippen LogP) is 6.95. The third kappa shape index (κ3) is 5.57. The number of carbonyl (C=O) groups is 1. The van der Waals surface area contributed by atoms with Crippen LogP contribution in [-0.2, 0) is 11.0 Å². The Labute approximate surface area is 212 Å². The second-order valence-corrected chi connectivity index (χ2v) is 9.43. The predicted molar refractivity (Wildman–Crippen MR) is 128 cm³/mol. The molecule has 1 aliphatic rings. The van der Waals surface area contributed by atoms with Gasteiger partial charge in [-0.25, -0.2) is 9.37 Å². The Kier molecular flexibility index (Phi) is 7.41. The van der Waals surface area contributed by atoms with Gasteiger partial charge in [-0.3, -0.25) is 14.9 Å². The highest BCUT2D eigenvalue weighted by Gasteiger charge is 2.34. The number of hydrogen-bond acceptors (Lipinski definition) is 5. The molecule has 4 rings (SSSR count). The number of amides is 1. The molecule has 0 atom stereocenters. The summed E-state index contributed by atoms with van der Waals surface area (Å²) in [6.45, 7) is 0.806. The Balaban J connectivity index is 1.39. The van der Waals surface area contributed by atoms with Crippen LogP contribution in [0.4, 0.5) is 23.2 Å². The normalized spacial score (nSPS) is 15.0. The topological polar surface area (TPSA) is 76.3 Å². The summed E-state index contributed by atoms with van der Waals surface area (Å²) in [6.07, 6.45) is -1.46. The molecule has 1 fully saturated rings. The van der Waals surface area contributed by atoms with E-state index in [0.29, 0.717) is 43.3 Å². The average Bonchev–Trinajstić information content (AvgIpc) is 3.33. The van der Waals surface area contributed by atoms with Crippen LogP contribution < -0.4 is 0 Å². The van der Waals surface area contributed by atoms with Gasteiger partial charge in [0.25, 0.3) is 5.69 Å².